The molecule has 1 heterocycles. The molecule has 6 heteroatoms. The summed E-state index contributed by atoms with van der Waals surface area (Å²) in [5.74, 6) is 0.642. The first kappa shape index (κ1) is 14.7. The van der Waals surface area contributed by atoms with Crippen LogP contribution in [0.3, 0.4) is 0 Å². The van der Waals surface area contributed by atoms with Gasteiger partial charge in [0.15, 0.2) is 0 Å². The van der Waals surface area contributed by atoms with Gasteiger partial charge >= 0.3 is 0 Å². The lowest BCUT2D eigenvalue weighted by atomic mass is 10.3. The van der Waals surface area contributed by atoms with Crippen molar-refractivity contribution in [3.63, 3.8) is 0 Å². The van der Waals surface area contributed by atoms with Gasteiger partial charge in [-0.1, -0.05) is 11.6 Å². The highest BCUT2D eigenvalue weighted by atomic mass is 35.5. The molecule has 0 saturated heterocycles. The third kappa shape index (κ3) is 3.65. The molecule has 0 radical (unpaired) electrons. The lowest BCUT2D eigenvalue weighted by Gasteiger charge is -2.17. The van der Waals surface area contributed by atoms with Gasteiger partial charge in [0.1, 0.15) is 17.2 Å². The molecule has 2 N–H and O–H groups in total. The van der Waals surface area contributed by atoms with Crippen molar-refractivity contribution in [3.05, 3.63) is 45.6 Å². The summed E-state index contributed by atoms with van der Waals surface area (Å²) in [5.41, 5.74) is 6.25. The van der Waals surface area contributed by atoms with Crippen molar-refractivity contribution < 1.29 is 9.53 Å². The summed E-state index contributed by atoms with van der Waals surface area (Å²) in [4.78, 5) is 14.3. The number of likely N-dealkylation sites (N-methyl/N-ethyl adjacent to an activating group) is 1. The van der Waals surface area contributed by atoms with E-state index in [2.05, 4.69) is 0 Å². The minimum atomic E-state index is -0.0859. The third-order valence-corrected chi connectivity index (χ3v) is 3.92. The number of hydrogen-bond donors (Lipinski definition) is 1. The Labute approximate surface area is 126 Å². The van der Waals surface area contributed by atoms with Crippen LogP contribution in [0.25, 0.3) is 0 Å². The topological polar surface area (TPSA) is 55.6 Å². The van der Waals surface area contributed by atoms with Gasteiger partial charge in [0.2, 0.25) is 0 Å². The van der Waals surface area contributed by atoms with Crippen LogP contribution < -0.4 is 10.5 Å². The Bertz CT molecular complexity index is 583. The highest BCUT2D eigenvalue weighted by molar-refractivity contribution is 7.12. The molecule has 0 fully saturated rings. The number of amides is 1. The lowest BCUT2D eigenvalue weighted by molar-refractivity contribution is 0.0779. The minimum Gasteiger partial charge on any atom is -0.492 e. The number of carbonyl (C=O) groups is 1. The molecule has 106 valence electrons. The van der Waals surface area contributed by atoms with Crippen LogP contribution in [0.4, 0.5) is 5.69 Å². The van der Waals surface area contributed by atoms with Crippen LogP contribution in [0.15, 0.2) is 35.7 Å². The zero-order valence-corrected chi connectivity index (χ0v) is 12.6. The Hall–Kier alpha value is -1.72. The second-order valence-corrected chi connectivity index (χ2v) is 5.59. The van der Waals surface area contributed by atoms with Crippen LogP contribution in [-0.2, 0) is 0 Å². The van der Waals surface area contributed by atoms with Gasteiger partial charge in [-0.15, -0.1) is 11.3 Å². The van der Waals surface area contributed by atoms with E-state index in [1.165, 1.54) is 11.3 Å². The first-order chi connectivity index (χ1) is 9.58. The Morgan fingerprint density at radius 3 is 2.65 bits per heavy atom. The Morgan fingerprint density at radius 1 is 1.35 bits per heavy atom. The van der Waals surface area contributed by atoms with Crippen molar-refractivity contribution in [3.8, 4) is 5.75 Å². The van der Waals surface area contributed by atoms with Crippen LogP contribution in [-0.4, -0.2) is 31.0 Å². The normalized spacial score (nSPS) is 10.3. The molecule has 1 aromatic heterocycles. The van der Waals surface area contributed by atoms with Gasteiger partial charge in [-0.25, -0.2) is 0 Å². The van der Waals surface area contributed by atoms with Crippen molar-refractivity contribution in [2.45, 2.75) is 0 Å². The van der Waals surface area contributed by atoms with Gasteiger partial charge in [0.05, 0.1) is 12.2 Å². The molecule has 2 rings (SSSR count). The molecule has 0 atom stereocenters. The number of rotatable bonds is 5. The molecule has 0 aliphatic heterocycles. The fourth-order valence-corrected chi connectivity index (χ4v) is 2.54. The summed E-state index contributed by atoms with van der Waals surface area (Å²) >= 11 is 7.14. The molecule has 0 aliphatic carbocycles. The molecule has 0 unspecified atom stereocenters. The van der Waals surface area contributed by atoms with Crippen molar-refractivity contribution in [2.24, 2.45) is 0 Å². The highest BCUT2D eigenvalue weighted by Gasteiger charge is 2.15. The lowest BCUT2D eigenvalue weighted by Crippen LogP contribution is -2.30. The Morgan fingerprint density at radius 2 is 2.05 bits per heavy atom. The average molecular weight is 311 g/mol. The maximum absolute atomic E-state index is 12.1. The standard InChI is InChI=1S/C14H15ClN2O2S/c1-17(14(18)13-12(16)6-9-20-13)7-8-19-11-4-2-10(15)3-5-11/h2-6,9H,7-8,16H2,1H3. The van der Waals surface area contributed by atoms with Gasteiger partial charge in [-0.3, -0.25) is 4.79 Å². The van der Waals surface area contributed by atoms with Crippen molar-refractivity contribution >= 4 is 34.5 Å². The molecule has 0 spiro atoms. The molecule has 2 aromatic rings. The number of anilines is 1. The van der Waals surface area contributed by atoms with E-state index in [0.717, 1.165) is 5.75 Å². The molecule has 1 aromatic carbocycles. The van der Waals surface area contributed by atoms with Crippen LogP contribution in [0.5, 0.6) is 5.75 Å². The zero-order chi connectivity index (χ0) is 14.5. The second kappa shape index (κ2) is 6.63. The maximum atomic E-state index is 12.1. The number of carbonyl (C=O) groups excluding carboxylic acids is 1. The monoisotopic (exact) mass is 310 g/mol. The fraction of sp³-hybridized carbons (Fsp3) is 0.214. The van der Waals surface area contributed by atoms with E-state index in [4.69, 9.17) is 22.1 Å². The number of nitrogens with zero attached hydrogens (tertiary/aromatic N) is 1. The SMILES string of the molecule is CN(CCOc1ccc(Cl)cc1)C(=O)c1sccc1N. The zero-order valence-electron chi connectivity index (χ0n) is 11.0. The number of hydrogen-bond acceptors (Lipinski definition) is 4. The number of nitrogen functional groups attached to an aromatic ring is 1. The number of nitrogens with two attached hydrogens (primary N) is 1. The molecule has 20 heavy (non-hydrogen) atoms. The second-order valence-electron chi connectivity index (χ2n) is 4.23. The molecular formula is C14H15ClN2O2S. The van der Waals surface area contributed by atoms with Crippen molar-refractivity contribution in [1.29, 1.82) is 0 Å². The van der Waals surface area contributed by atoms with Gasteiger partial charge in [-0.05, 0) is 35.7 Å². The van der Waals surface area contributed by atoms with E-state index >= 15 is 0 Å². The predicted molar refractivity (Wildman–Crippen MR) is 82.6 cm³/mol. The largest absolute Gasteiger partial charge is 0.492 e. The molecule has 0 bridgehead atoms. The fourth-order valence-electron chi connectivity index (χ4n) is 1.60. The molecule has 4 nitrogen and oxygen atoms in total. The number of thiophene rings is 1. The summed E-state index contributed by atoms with van der Waals surface area (Å²) in [5, 5.41) is 2.47. The van der Waals surface area contributed by atoms with E-state index in [1.54, 1.807) is 47.7 Å². The van der Waals surface area contributed by atoms with Crippen LogP contribution in [0.2, 0.25) is 5.02 Å². The molecular weight excluding hydrogens is 296 g/mol. The number of benzene rings is 1. The van der Waals surface area contributed by atoms with Gasteiger partial charge in [0, 0.05) is 12.1 Å². The van der Waals surface area contributed by atoms with E-state index < -0.39 is 0 Å². The summed E-state index contributed by atoms with van der Waals surface area (Å²) in [6.07, 6.45) is 0. The first-order valence-corrected chi connectivity index (χ1v) is 7.30. The van der Waals surface area contributed by atoms with Crippen LogP contribution in [0, 0.1) is 0 Å². The van der Waals surface area contributed by atoms with E-state index in [-0.39, 0.29) is 5.91 Å². The van der Waals surface area contributed by atoms with E-state index in [0.29, 0.717) is 28.7 Å². The summed E-state index contributed by atoms with van der Waals surface area (Å²) in [7, 11) is 1.73. The summed E-state index contributed by atoms with van der Waals surface area (Å²) in [6.45, 7) is 0.897. The van der Waals surface area contributed by atoms with Crippen LogP contribution in [0.1, 0.15) is 9.67 Å². The van der Waals surface area contributed by atoms with Gasteiger partial charge in [0.25, 0.3) is 5.91 Å². The van der Waals surface area contributed by atoms with Crippen LogP contribution >= 0.6 is 22.9 Å². The highest BCUT2D eigenvalue weighted by Crippen LogP contribution is 2.20. The average Bonchev–Trinajstić information content (AvgIpc) is 2.86. The Balaban J connectivity index is 1.83. The first-order valence-electron chi connectivity index (χ1n) is 6.04. The van der Waals surface area contributed by atoms with Gasteiger partial charge < -0.3 is 15.4 Å². The number of halogens is 1. The maximum Gasteiger partial charge on any atom is 0.265 e. The minimum absolute atomic E-state index is 0.0859. The van der Waals surface area contributed by atoms with Crippen molar-refractivity contribution in [1.82, 2.24) is 4.90 Å². The Kier molecular flexibility index (Phi) is 4.87. The van der Waals surface area contributed by atoms with E-state index in [1.807, 2.05) is 0 Å². The summed E-state index contributed by atoms with van der Waals surface area (Å²) < 4.78 is 5.55. The summed E-state index contributed by atoms with van der Waals surface area (Å²) in [6, 6.07) is 8.84. The van der Waals surface area contributed by atoms with E-state index in [9.17, 15) is 4.79 Å². The molecule has 0 saturated carbocycles. The smallest absolute Gasteiger partial charge is 0.265 e. The molecule has 0 aliphatic rings. The van der Waals surface area contributed by atoms with Crippen molar-refractivity contribution in [2.75, 3.05) is 25.9 Å². The molecule has 1 amide bonds. The third-order valence-electron chi connectivity index (χ3n) is 2.75. The predicted octanol–water partition coefficient (Wildman–Crippen LogP) is 3.13. The number of ether oxygens (including phenoxy) is 1. The quantitative estimate of drug-likeness (QED) is 0.923. The van der Waals surface area contributed by atoms with Gasteiger partial charge in [-0.2, -0.15) is 0 Å².